The topological polar surface area (TPSA) is 92.5 Å². The van der Waals surface area contributed by atoms with Gasteiger partial charge in [-0.15, -0.1) is 0 Å². The molecule has 0 radical (unpaired) electrons. The lowest BCUT2D eigenvalue weighted by Gasteiger charge is -2.07. The molecule has 0 saturated heterocycles. The van der Waals surface area contributed by atoms with Crippen molar-refractivity contribution in [1.29, 1.82) is 0 Å². The predicted molar refractivity (Wildman–Crippen MR) is 66.5 cm³/mol. The van der Waals surface area contributed by atoms with Gasteiger partial charge in [0.15, 0.2) is 11.5 Å². The molecule has 1 saturated carbocycles. The van der Waals surface area contributed by atoms with Crippen LogP contribution in [0.4, 0.5) is 11.8 Å². The second-order valence-electron chi connectivity index (χ2n) is 5.30. The van der Waals surface area contributed by atoms with Crippen molar-refractivity contribution in [1.82, 2.24) is 19.9 Å². The minimum Gasteiger partial charge on any atom is -0.368 e. The number of nitrogens with two attached hydrogens (primary N) is 1. The number of nitrogens with one attached hydrogen (secondary N) is 2. The van der Waals surface area contributed by atoms with Crippen molar-refractivity contribution in [3.63, 3.8) is 0 Å². The van der Waals surface area contributed by atoms with Gasteiger partial charge in [0, 0.05) is 6.54 Å². The maximum absolute atomic E-state index is 5.64. The molecule has 0 bridgehead atoms. The fourth-order valence-corrected chi connectivity index (χ4v) is 2.12. The Morgan fingerprint density at radius 2 is 2.29 bits per heavy atom. The summed E-state index contributed by atoms with van der Waals surface area (Å²) in [6, 6.07) is 0. The van der Waals surface area contributed by atoms with Crippen LogP contribution in [0.1, 0.15) is 20.3 Å². The van der Waals surface area contributed by atoms with Gasteiger partial charge < -0.3 is 16.0 Å². The zero-order chi connectivity index (χ0) is 12.0. The normalized spacial score (nSPS) is 21.6. The number of anilines is 2. The van der Waals surface area contributed by atoms with Crippen LogP contribution in [0, 0.1) is 11.3 Å². The van der Waals surface area contributed by atoms with E-state index in [1.807, 2.05) is 0 Å². The quantitative estimate of drug-likeness (QED) is 0.743. The standard InChI is InChI=1S/C11H16N6/c1-11(2)3-6(11)4-13-8-7-9(15-5-14-7)17-10(12)16-8/h5-6H,3-4H2,1-2H3,(H4,12,13,14,15,16,17). The molecule has 1 fully saturated rings. The molecular weight excluding hydrogens is 216 g/mol. The number of nitrogens with zero attached hydrogens (tertiary/aromatic N) is 3. The fraction of sp³-hybridized carbons (Fsp3) is 0.545. The first-order chi connectivity index (χ1) is 8.06. The molecule has 1 atom stereocenters. The van der Waals surface area contributed by atoms with E-state index in [4.69, 9.17) is 5.73 Å². The average Bonchev–Trinajstić information content (AvgIpc) is 2.69. The SMILES string of the molecule is CC1(C)CC1CNc1nc(N)nc2nc[nH]c12. The highest BCUT2D eigenvalue weighted by Crippen LogP contribution is 2.51. The Bertz CT molecular complexity index is 558. The summed E-state index contributed by atoms with van der Waals surface area (Å²) in [5, 5.41) is 3.33. The van der Waals surface area contributed by atoms with E-state index >= 15 is 0 Å². The third-order valence-corrected chi connectivity index (χ3v) is 3.54. The fourth-order valence-electron chi connectivity index (χ4n) is 2.12. The molecule has 1 unspecified atom stereocenters. The Morgan fingerprint density at radius 1 is 1.53 bits per heavy atom. The highest BCUT2D eigenvalue weighted by molar-refractivity contribution is 5.83. The number of rotatable bonds is 3. The lowest BCUT2D eigenvalue weighted by atomic mass is 10.1. The average molecular weight is 232 g/mol. The summed E-state index contributed by atoms with van der Waals surface area (Å²) in [6.07, 6.45) is 2.86. The van der Waals surface area contributed by atoms with E-state index in [-0.39, 0.29) is 5.95 Å². The van der Waals surface area contributed by atoms with E-state index in [1.54, 1.807) is 6.33 Å². The van der Waals surface area contributed by atoms with Crippen LogP contribution >= 0.6 is 0 Å². The molecule has 2 aromatic heterocycles. The Kier molecular flexibility index (Phi) is 2.01. The van der Waals surface area contributed by atoms with Gasteiger partial charge in [0.1, 0.15) is 5.52 Å². The summed E-state index contributed by atoms with van der Waals surface area (Å²) < 4.78 is 0. The van der Waals surface area contributed by atoms with Crippen LogP contribution in [0.3, 0.4) is 0 Å². The molecule has 1 aliphatic rings. The number of hydrogen-bond donors (Lipinski definition) is 3. The predicted octanol–water partition coefficient (Wildman–Crippen LogP) is 1.39. The van der Waals surface area contributed by atoms with Gasteiger partial charge in [0.2, 0.25) is 5.95 Å². The van der Waals surface area contributed by atoms with Crippen molar-refractivity contribution in [3.8, 4) is 0 Å². The van der Waals surface area contributed by atoms with E-state index in [1.165, 1.54) is 6.42 Å². The van der Waals surface area contributed by atoms with Crippen molar-refractivity contribution in [2.75, 3.05) is 17.6 Å². The lowest BCUT2D eigenvalue weighted by Crippen LogP contribution is -2.10. The highest BCUT2D eigenvalue weighted by atomic mass is 15.1. The molecule has 0 aliphatic heterocycles. The van der Waals surface area contributed by atoms with E-state index < -0.39 is 0 Å². The number of H-pyrrole nitrogens is 1. The lowest BCUT2D eigenvalue weighted by molar-refractivity contribution is 0.573. The van der Waals surface area contributed by atoms with Gasteiger partial charge in [0.05, 0.1) is 6.33 Å². The largest absolute Gasteiger partial charge is 0.368 e. The zero-order valence-electron chi connectivity index (χ0n) is 9.99. The van der Waals surface area contributed by atoms with Crippen LogP contribution in [0.15, 0.2) is 6.33 Å². The molecule has 90 valence electrons. The highest BCUT2D eigenvalue weighted by Gasteiger charge is 2.45. The van der Waals surface area contributed by atoms with Gasteiger partial charge in [-0.05, 0) is 17.8 Å². The van der Waals surface area contributed by atoms with Gasteiger partial charge >= 0.3 is 0 Å². The molecule has 17 heavy (non-hydrogen) atoms. The summed E-state index contributed by atoms with van der Waals surface area (Å²) in [5.41, 5.74) is 7.52. The zero-order valence-corrected chi connectivity index (χ0v) is 9.99. The third kappa shape index (κ3) is 1.79. The number of nitrogen functional groups attached to an aromatic ring is 1. The maximum atomic E-state index is 5.64. The molecule has 2 aromatic rings. The van der Waals surface area contributed by atoms with E-state index in [9.17, 15) is 0 Å². The molecule has 1 aliphatic carbocycles. The van der Waals surface area contributed by atoms with Crippen molar-refractivity contribution in [3.05, 3.63) is 6.33 Å². The monoisotopic (exact) mass is 232 g/mol. The number of imidazole rings is 1. The van der Waals surface area contributed by atoms with Crippen molar-refractivity contribution < 1.29 is 0 Å². The Labute approximate surface area is 99.1 Å². The smallest absolute Gasteiger partial charge is 0.224 e. The Hall–Kier alpha value is -1.85. The number of aromatic amines is 1. The molecule has 4 N–H and O–H groups in total. The van der Waals surface area contributed by atoms with E-state index in [0.29, 0.717) is 17.0 Å². The molecule has 2 heterocycles. The summed E-state index contributed by atoms with van der Waals surface area (Å²) in [7, 11) is 0. The molecular formula is C11H16N6. The van der Waals surface area contributed by atoms with Gasteiger partial charge in [-0.25, -0.2) is 4.98 Å². The molecule has 0 amide bonds. The summed E-state index contributed by atoms with van der Waals surface area (Å²) in [4.78, 5) is 15.4. The van der Waals surface area contributed by atoms with Gasteiger partial charge in [0.25, 0.3) is 0 Å². The molecule has 0 aromatic carbocycles. The first-order valence-electron chi connectivity index (χ1n) is 5.77. The molecule has 6 heteroatoms. The van der Waals surface area contributed by atoms with Crippen molar-refractivity contribution >= 4 is 22.9 Å². The molecule has 0 spiro atoms. The van der Waals surface area contributed by atoms with Crippen LogP contribution in [0.5, 0.6) is 0 Å². The van der Waals surface area contributed by atoms with Crippen molar-refractivity contribution in [2.24, 2.45) is 11.3 Å². The van der Waals surface area contributed by atoms with Crippen LogP contribution < -0.4 is 11.1 Å². The Balaban J connectivity index is 1.82. The van der Waals surface area contributed by atoms with Gasteiger partial charge in [-0.1, -0.05) is 13.8 Å². The molecule has 3 rings (SSSR count). The van der Waals surface area contributed by atoms with Crippen LogP contribution in [0.2, 0.25) is 0 Å². The summed E-state index contributed by atoms with van der Waals surface area (Å²) in [5.74, 6) is 1.70. The van der Waals surface area contributed by atoms with Gasteiger partial charge in [-0.3, -0.25) is 0 Å². The molecule has 6 nitrogen and oxygen atoms in total. The number of aromatic nitrogens is 4. The van der Waals surface area contributed by atoms with Crippen LogP contribution in [-0.4, -0.2) is 26.5 Å². The number of hydrogen-bond acceptors (Lipinski definition) is 5. The Morgan fingerprint density at radius 3 is 3.00 bits per heavy atom. The summed E-state index contributed by atoms with van der Waals surface area (Å²) >= 11 is 0. The van der Waals surface area contributed by atoms with Crippen LogP contribution in [-0.2, 0) is 0 Å². The minimum absolute atomic E-state index is 0.252. The first-order valence-corrected chi connectivity index (χ1v) is 5.77. The summed E-state index contributed by atoms with van der Waals surface area (Å²) in [6.45, 7) is 5.47. The van der Waals surface area contributed by atoms with E-state index in [2.05, 4.69) is 39.1 Å². The van der Waals surface area contributed by atoms with Crippen LogP contribution in [0.25, 0.3) is 11.2 Å². The first kappa shape index (κ1) is 10.3. The minimum atomic E-state index is 0.252. The van der Waals surface area contributed by atoms with E-state index in [0.717, 1.165) is 17.9 Å². The number of fused-ring (bicyclic) bond motifs is 1. The van der Waals surface area contributed by atoms with Gasteiger partial charge in [-0.2, -0.15) is 9.97 Å². The second-order valence-corrected chi connectivity index (χ2v) is 5.30. The second kappa shape index (κ2) is 3.32. The van der Waals surface area contributed by atoms with Crippen molar-refractivity contribution in [2.45, 2.75) is 20.3 Å². The third-order valence-electron chi connectivity index (χ3n) is 3.54. The maximum Gasteiger partial charge on any atom is 0.224 e.